The average molecular weight is 324 g/mol. The Morgan fingerprint density at radius 3 is 2.48 bits per heavy atom. The number of rotatable bonds is 7. The fourth-order valence-electron chi connectivity index (χ4n) is 2.22. The van der Waals surface area contributed by atoms with Crippen LogP contribution in [0.1, 0.15) is 19.4 Å². The number of likely N-dealkylation sites (N-methyl/N-ethyl adjacent to an activating group) is 1. The normalized spacial score (nSPS) is 11.7. The van der Waals surface area contributed by atoms with Crippen LogP contribution in [0.15, 0.2) is 18.2 Å². The summed E-state index contributed by atoms with van der Waals surface area (Å²) in [6, 6.07) is 5.13. The average Bonchev–Trinajstić information content (AvgIpc) is 2.45. The van der Waals surface area contributed by atoms with Crippen LogP contribution < -0.4 is 25.0 Å². The Labute approximate surface area is 136 Å². The minimum atomic E-state index is -0.475. The van der Waals surface area contributed by atoms with Gasteiger partial charge in [-0.15, -0.1) is 0 Å². The van der Waals surface area contributed by atoms with Gasteiger partial charge in [-0.25, -0.2) is 4.79 Å². The van der Waals surface area contributed by atoms with Crippen molar-refractivity contribution in [1.29, 1.82) is 0 Å². The van der Waals surface area contributed by atoms with E-state index in [9.17, 15) is 9.59 Å². The van der Waals surface area contributed by atoms with E-state index in [-0.39, 0.29) is 18.5 Å². The van der Waals surface area contributed by atoms with E-state index in [4.69, 9.17) is 9.47 Å². The molecule has 1 rings (SSSR count). The number of nitrogens with one attached hydrogen (secondary N) is 3. The van der Waals surface area contributed by atoms with Crippen LogP contribution in [0.5, 0.6) is 11.5 Å². The van der Waals surface area contributed by atoms with Crippen molar-refractivity contribution >= 4 is 11.9 Å². The molecular formula is C16H26N3O4+. The molecule has 0 spiro atoms. The van der Waals surface area contributed by atoms with E-state index in [1.807, 2.05) is 39.1 Å². The Morgan fingerprint density at radius 1 is 1.22 bits per heavy atom. The molecule has 0 saturated carbocycles. The number of urea groups is 1. The minimum absolute atomic E-state index is 0.0195. The summed E-state index contributed by atoms with van der Waals surface area (Å²) in [5.41, 5.74) is 0.934. The van der Waals surface area contributed by atoms with Gasteiger partial charge >= 0.3 is 6.03 Å². The molecule has 0 aliphatic heterocycles. The molecule has 1 aromatic rings. The van der Waals surface area contributed by atoms with Crippen molar-refractivity contribution in [2.24, 2.45) is 0 Å². The second-order valence-corrected chi connectivity index (χ2v) is 5.64. The molecule has 23 heavy (non-hydrogen) atoms. The number of para-hydroxylation sites is 1. The summed E-state index contributed by atoms with van der Waals surface area (Å²) in [6.45, 7) is 4.40. The predicted octanol–water partition coefficient (Wildman–Crippen LogP) is -0.0473. The van der Waals surface area contributed by atoms with Crippen molar-refractivity contribution in [3.05, 3.63) is 23.8 Å². The first-order chi connectivity index (χ1) is 10.9. The van der Waals surface area contributed by atoms with E-state index in [0.29, 0.717) is 18.0 Å². The summed E-state index contributed by atoms with van der Waals surface area (Å²) >= 11 is 0. The Kier molecular flexibility index (Phi) is 7.34. The van der Waals surface area contributed by atoms with Gasteiger partial charge in [-0.05, 0) is 26.0 Å². The molecule has 0 aliphatic carbocycles. The number of amides is 3. The maximum absolute atomic E-state index is 11.9. The molecule has 3 N–H and O–H groups in total. The van der Waals surface area contributed by atoms with E-state index in [1.165, 1.54) is 0 Å². The highest BCUT2D eigenvalue weighted by atomic mass is 16.5. The Bertz CT molecular complexity index is 546. The first-order valence-corrected chi connectivity index (χ1v) is 7.48. The number of imide groups is 1. The molecule has 7 nitrogen and oxygen atoms in total. The van der Waals surface area contributed by atoms with Gasteiger partial charge < -0.3 is 19.7 Å². The van der Waals surface area contributed by atoms with Gasteiger partial charge in [-0.3, -0.25) is 10.1 Å². The van der Waals surface area contributed by atoms with Crippen molar-refractivity contribution in [2.75, 3.05) is 27.8 Å². The van der Waals surface area contributed by atoms with Gasteiger partial charge in [-0.1, -0.05) is 6.07 Å². The first-order valence-electron chi connectivity index (χ1n) is 7.48. The molecule has 7 heteroatoms. The molecule has 0 bridgehead atoms. The summed E-state index contributed by atoms with van der Waals surface area (Å²) in [5.74, 6) is 0.980. The lowest BCUT2D eigenvalue weighted by Crippen LogP contribution is -3.09. The van der Waals surface area contributed by atoms with Gasteiger partial charge in [0, 0.05) is 6.04 Å². The topological polar surface area (TPSA) is 81.1 Å². The number of carbonyl (C=O) groups is 2. The van der Waals surface area contributed by atoms with E-state index in [0.717, 1.165) is 10.5 Å². The number of carbonyl (C=O) groups excluding carboxylic acids is 2. The zero-order chi connectivity index (χ0) is 17.4. The quantitative estimate of drug-likeness (QED) is 0.657. The third kappa shape index (κ3) is 6.15. The van der Waals surface area contributed by atoms with Gasteiger partial charge in [0.1, 0.15) is 6.54 Å². The van der Waals surface area contributed by atoms with Gasteiger partial charge in [0.05, 0.1) is 26.8 Å². The smallest absolute Gasteiger partial charge is 0.321 e. The van der Waals surface area contributed by atoms with Crippen LogP contribution in [-0.2, 0) is 11.3 Å². The summed E-state index contributed by atoms with van der Waals surface area (Å²) < 4.78 is 10.6. The van der Waals surface area contributed by atoms with Crippen LogP contribution in [0.3, 0.4) is 0 Å². The first kappa shape index (κ1) is 18.8. The van der Waals surface area contributed by atoms with Crippen LogP contribution in [0.25, 0.3) is 0 Å². The standard InChI is InChI=1S/C16H25N3O4/c1-11(2)17-16(21)18-14(20)10-19(3)9-12-7-6-8-13(22-4)15(12)23-5/h6-8,11H,9-10H2,1-5H3,(H2,17,18,20,21)/p+1. The molecule has 0 fully saturated rings. The SMILES string of the molecule is COc1cccc(C[NH+](C)CC(=O)NC(=O)NC(C)C)c1OC. The van der Waals surface area contributed by atoms with Gasteiger partial charge in [-0.2, -0.15) is 0 Å². The Balaban J connectivity index is 2.61. The maximum atomic E-state index is 11.9. The highest BCUT2D eigenvalue weighted by Gasteiger charge is 2.17. The number of benzene rings is 1. The summed E-state index contributed by atoms with van der Waals surface area (Å²) in [6.07, 6.45) is 0. The lowest BCUT2D eigenvalue weighted by Gasteiger charge is -2.17. The fraction of sp³-hybridized carbons (Fsp3) is 0.500. The number of quaternary nitrogens is 1. The Morgan fingerprint density at radius 2 is 1.91 bits per heavy atom. The van der Waals surface area contributed by atoms with E-state index >= 15 is 0 Å². The molecule has 0 saturated heterocycles. The molecule has 0 heterocycles. The second kappa shape index (κ2) is 8.99. The number of methoxy groups -OCH3 is 2. The monoisotopic (exact) mass is 324 g/mol. The fourth-order valence-corrected chi connectivity index (χ4v) is 2.22. The highest BCUT2D eigenvalue weighted by Crippen LogP contribution is 2.29. The van der Waals surface area contributed by atoms with Crippen molar-refractivity contribution in [3.63, 3.8) is 0 Å². The van der Waals surface area contributed by atoms with Crippen LogP contribution in [-0.4, -0.2) is 45.8 Å². The molecule has 1 unspecified atom stereocenters. The zero-order valence-electron chi connectivity index (χ0n) is 14.4. The number of ether oxygens (including phenoxy) is 2. The van der Waals surface area contributed by atoms with Crippen LogP contribution in [0, 0.1) is 0 Å². The van der Waals surface area contributed by atoms with Gasteiger partial charge in [0.15, 0.2) is 18.0 Å². The highest BCUT2D eigenvalue weighted by molar-refractivity contribution is 5.94. The van der Waals surface area contributed by atoms with Crippen LogP contribution in [0.2, 0.25) is 0 Å². The van der Waals surface area contributed by atoms with Crippen molar-refractivity contribution in [3.8, 4) is 11.5 Å². The maximum Gasteiger partial charge on any atom is 0.321 e. The molecule has 3 amide bonds. The molecular weight excluding hydrogens is 298 g/mol. The summed E-state index contributed by atoms with van der Waals surface area (Å²) in [5, 5.41) is 4.93. The Hall–Kier alpha value is -2.28. The molecule has 1 aromatic carbocycles. The zero-order valence-corrected chi connectivity index (χ0v) is 14.4. The van der Waals surface area contributed by atoms with Crippen molar-refractivity contribution in [2.45, 2.75) is 26.4 Å². The largest absolute Gasteiger partial charge is 0.493 e. The van der Waals surface area contributed by atoms with Crippen molar-refractivity contribution in [1.82, 2.24) is 10.6 Å². The van der Waals surface area contributed by atoms with E-state index < -0.39 is 6.03 Å². The predicted molar refractivity (Wildman–Crippen MR) is 86.8 cm³/mol. The molecule has 0 radical (unpaired) electrons. The van der Waals surface area contributed by atoms with Crippen LogP contribution in [0.4, 0.5) is 4.79 Å². The van der Waals surface area contributed by atoms with E-state index in [2.05, 4.69) is 10.6 Å². The number of hydrogen-bond donors (Lipinski definition) is 3. The molecule has 1 atom stereocenters. The summed E-state index contributed by atoms with van der Waals surface area (Å²) in [4.78, 5) is 24.3. The minimum Gasteiger partial charge on any atom is -0.493 e. The lowest BCUT2D eigenvalue weighted by atomic mass is 10.1. The molecule has 128 valence electrons. The van der Waals surface area contributed by atoms with Crippen LogP contribution >= 0.6 is 0 Å². The summed E-state index contributed by atoms with van der Waals surface area (Å²) in [7, 11) is 5.04. The van der Waals surface area contributed by atoms with Gasteiger partial charge in [0.2, 0.25) is 0 Å². The number of hydrogen-bond acceptors (Lipinski definition) is 4. The van der Waals surface area contributed by atoms with Gasteiger partial charge in [0.25, 0.3) is 5.91 Å². The van der Waals surface area contributed by atoms with Crippen molar-refractivity contribution < 1.29 is 24.0 Å². The third-order valence-electron chi connectivity index (χ3n) is 3.11. The molecule has 0 aromatic heterocycles. The molecule has 0 aliphatic rings. The lowest BCUT2D eigenvalue weighted by molar-refractivity contribution is -0.885. The van der Waals surface area contributed by atoms with E-state index in [1.54, 1.807) is 14.2 Å². The third-order valence-corrected chi connectivity index (χ3v) is 3.11. The second-order valence-electron chi connectivity index (χ2n) is 5.64.